The number of hydrogen-bond donors (Lipinski definition) is 2. The molecule has 2 aromatic rings. The summed E-state index contributed by atoms with van der Waals surface area (Å²) < 4.78 is 45.3. The van der Waals surface area contributed by atoms with Crippen molar-refractivity contribution < 1.29 is 27.2 Å². The number of fused-ring (bicyclic) bond motifs is 2. The Morgan fingerprint density at radius 1 is 1.06 bits per heavy atom. The number of ether oxygens (including phenoxy) is 2. The monoisotopic (exact) mass is 472 g/mol. The highest BCUT2D eigenvalue weighted by molar-refractivity contribution is 7.86. The van der Waals surface area contributed by atoms with Crippen LogP contribution in [0, 0.1) is 0 Å². The first-order valence-corrected chi connectivity index (χ1v) is 12.1. The van der Waals surface area contributed by atoms with Gasteiger partial charge in [0.2, 0.25) is 0 Å². The van der Waals surface area contributed by atoms with Crippen molar-refractivity contribution in [3.8, 4) is 11.5 Å². The standard InChI is InChI=1S/C24H28N2O6S/c1-24(2,3)16-8-6-14(7-9-16)15-10-19-22(33(28,29)30)25-18-12-21(32-5)20(31-4)11-17(18)23(27)26(19)13-15/h6-9,11-13,19,22,25H,10H2,1-5H3,(H,28,29,30)/t19-,22-/m0/s1. The van der Waals surface area contributed by atoms with E-state index in [9.17, 15) is 17.8 Å². The number of amides is 1. The fourth-order valence-corrected chi connectivity index (χ4v) is 5.22. The normalized spacial score (nSPS) is 20.4. The molecule has 0 spiro atoms. The van der Waals surface area contributed by atoms with Crippen LogP contribution >= 0.6 is 0 Å². The molecule has 2 aliphatic rings. The Labute approximate surface area is 193 Å². The maximum Gasteiger partial charge on any atom is 0.288 e. The molecule has 0 radical (unpaired) electrons. The molecule has 2 heterocycles. The molecule has 2 aliphatic heterocycles. The smallest absolute Gasteiger partial charge is 0.288 e. The summed E-state index contributed by atoms with van der Waals surface area (Å²) in [5.74, 6) is 0.285. The predicted octanol–water partition coefficient (Wildman–Crippen LogP) is 3.90. The van der Waals surface area contributed by atoms with Crippen LogP contribution < -0.4 is 14.8 Å². The van der Waals surface area contributed by atoms with Crippen molar-refractivity contribution in [1.29, 1.82) is 0 Å². The van der Waals surface area contributed by atoms with Gasteiger partial charge in [0.25, 0.3) is 16.0 Å². The van der Waals surface area contributed by atoms with E-state index in [-0.39, 0.29) is 23.1 Å². The molecular weight excluding hydrogens is 444 g/mol. The third-order valence-corrected chi connectivity index (χ3v) is 7.23. The van der Waals surface area contributed by atoms with Crippen LogP contribution in [0.3, 0.4) is 0 Å². The molecule has 0 aromatic heterocycles. The van der Waals surface area contributed by atoms with E-state index in [1.807, 2.05) is 24.3 Å². The quantitative estimate of drug-likeness (QED) is 0.650. The SMILES string of the molecule is COc1cc2c(cc1OC)C(=O)N1C=C(c3ccc(C(C)(C)C)cc3)C[C@H]1[C@H](S(=O)(=O)O)N2. The molecule has 33 heavy (non-hydrogen) atoms. The van der Waals surface area contributed by atoms with Crippen LogP contribution in [0.2, 0.25) is 0 Å². The third-order valence-electron chi connectivity index (χ3n) is 6.16. The lowest BCUT2D eigenvalue weighted by atomic mass is 9.86. The molecule has 0 bridgehead atoms. The number of methoxy groups -OCH3 is 2. The van der Waals surface area contributed by atoms with Crippen molar-refractivity contribution in [3.05, 3.63) is 59.3 Å². The Balaban J connectivity index is 1.79. The van der Waals surface area contributed by atoms with Crippen molar-refractivity contribution >= 4 is 27.3 Å². The number of rotatable bonds is 4. The Morgan fingerprint density at radius 2 is 1.67 bits per heavy atom. The zero-order valence-corrected chi connectivity index (χ0v) is 20.1. The Morgan fingerprint density at radius 3 is 2.21 bits per heavy atom. The summed E-state index contributed by atoms with van der Waals surface area (Å²) in [7, 11) is -1.65. The average molecular weight is 473 g/mol. The summed E-state index contributed by atoms with van der Waals surface area (Å²) in [5.41, 5.74) is 3.35. The molecule has 2 N–H and O–H groups in total. The van der Waals surface area contributed by atoms with Crippen molar-refractivity contribution in [2.75, 3.05) is 19.5 Å². The molecule has 1 amide bonds. The molecule has 176 valence electrons. The second-order valence-electron chi connectivity index (χ2n) is 9.30. The van der Waals surface area contributed by atoms with E-state index in [2.05, 4.69) is 26.1 Å². The van der Waals surface area contributed by atoms with Crippen LogP contribution in [-0.4, -0.2) is 49.4 Å². The molecule has 0 aliphatic carbocycles. The van der Waals surface area contributed by atoms with Crippen LogP contribution in [0.25, 0.3) is 5.57 Å². The van der Waals surface area contributed by atoms with Crippen molar-refractivity contribution in [1.82, 2.24) is 4.90 Å². The van der Waals surface area contributed by atoms with Gasteiger partial charge < -0.3 is 19.7 Å². The number of carbonyl (C=O) groups is 1. The van der Waals surface area contributed by atoms with Crippen LogP contribution in [0.15, 0.2) is 42.6 Å². The van der Waals surface area contributed by atoms with E-state index in [1.165, 1.54) is 36.8 Å². The maximum atomic E-state index is 13.5. The minimum Gasteiger partial charge on any atom is -0.493 e. The molecule has 2 atom stereocenters. The summed E-state index contributed by atoms with van der Waals surface area (Å²) in [6.07, 6.45) is 1.94. The van der Waals surface area contributed by atoms with Crippen molar-refractivity contribution in [2.45, 2.75) is 44.0 Å². The second-order valence-corrected chi connectivity index (χ2v) is 10.8. The number of nitrogens with zero attached hydrogens (tertiary/aromatic N) is 1. The lowest BCUT2D eigenvalue weighted by Gasteiger charge is -2.26. The number of benzene rings is 2. The lowest BCUT2D eigenvalue weighted by molar-refractivity contribution is 0.0790. The molecule has 0 saturated carbocycles. The summed E-state index contributed by atoms with van der Waals surface area (Å²) in [6, 6.07) is 10.2. The van der Waals surface area contributed by atoms with Gasteiger partial charge in [0.1, 0.15) is 0 Å². The highest BCUT2D eigenvalue weighted by atomic mass is 32.2. The van der Waals surface area contributed by atoms with Gasteiger partial charge in [-0.05, 0) is 34.6 Å². The van der Waals surface area contributed by atoms with Crippen LogP contribution in [0.1, 0.15) is 48.7 Å². The summed E-state index contributed by atoms with van der Waals surface area (Å²) in [5, 5.41) is 1.45. The lowest BCUT2D eigenvalue weighted by Crippen LogP contribution is -2.46. The van der Waals surface area contributed by atoms with E-state index in [0.717, 1.165) is 11.1 Å². The Bertz CT molecular complexity index is 1230. The van der Waals surface area contributed by atoms with E-state index < -0.39 is 27.4 Å². The number of hydrogen-bond acceptors (Lipinski definition) is 6. The van der Waals surface area contributed by atoms with E-state index >= 15 is 0 Å². The minimum atomic E-state index is -4.55. The Hall–Kier alpha value is -3.04. The zero-order valence-electron chi connectivity index (χ0n) is 19.2. The van der Waals surface area contributed by atoms with Gasteiger partial charge >= 0.3 is 0 Å². The first-order chi connectivity index (χ1) is 15.4. The van der Waals surface area contributed by atoms with E-state index in [4.69, 9.17) is 9.47 Å². The first kappa shape index (κ1) is 23.1. The predicted molar refractivity (Wildman–Crippen MR) is 126 cm³/mol. The van der Waals surface area contributed by atoms with Gasteiger partial charge in [-0.1, -0.05) is 45.0 Å². The fraction of sp³-hybridized carbons (Fsp3) is 0.375. The Kier molecular flexibility index (Phi) is 5.66. The average Bonchev–Trinajstić information content (AvgIpc) is 3.15. The van der Waals surface area contributed by atoms with Gasteiger partial charge in [-0.3, -0.25) is 9.35 Å². The minimum absolute atomic E-state index is 0.00222. The van der Waals surface area contributed by atoms with Gasteiger partial charge in [-0.15, -0.1) is 0 Å². The molecular formula is C24H28N2O6S. The molecule has 0 saturated heterocycles. The highest BCUT2D eigenvalue weighted by Crippen LogP contribution is 2.41. The van der Waals surface area contributed by atoms with Gasteiger partial charge in [-0.2, -0.15) is 8.42 Å². The third kappa shape index (κ3) is 4.18. The summed E-state index contributed by atoms with van der Waals surface area (Å²) in [4.78, 5) is 14.9. The molecule has 4 rings (SSSR count). The van der Waals surface area contributed by atoms with Crippen LogP contribution in [-0.2, 0) is 15.5 Å². The number of anilines is 1. The van der Waals surface area contributed by atoms with Crippen LogP contribution in [0.5, 0.6) is 11.5 Å². The van der Waals surface area contributed by atoms with Crippen molar-refractivity contribution in [2.24, 2.45) is 0 Å². The molecule has 0 fully saturated rings. The maximum absolute atomic E-state index is 13.5. The molecule has 8 nitrogen and oxygen atoms in total. The zero-order chi connectivity index (χ0) is 24.1. The van der Waals surface area contributed by atoms with Gasteiger partial charge in [0, 0.05) is 12.3 Å². The topological polar surface area (TPSA) is 105 Å². The largest absolute Gasteiger partial charge is 0.493 e. The van der Waals surface area contributed by atoms with E-state index in [0.29, 0.717) is 11.5 Å². The highest BCUT2D eigenvalue weighted by Gasteiger charge is 2.45. The summed E-state index contributed by atoms with van der Waals surface area (Å²) in [6.45, 7) is 6.38. The summed E-state index contributed by atoms with van der Waals surface area (Å²) >= 11 is 0. The molecule has 2 aromatic carbocycles. The van der Waals surface area contributed by atoms with Crippen LogP contribution in [0.4, 0.5) is 5.69 Å². The first-order valence-electron chi connectivity index (χ1n) is 10.6. The molecule has 9 heteroatoms. The second kappa shape index (κ2) is 8.07. The van der Waals surface area contributed by atoms with Gasteiger partial charge in [-0.25, -0.2) is 0 Å². The van der Waals surface area contributed by atoms with Gasteiger partial charge in [0.05, 0.1) is 31.5 Å². The molecule has 0 unspecified atom stereocenters. The van der Waals surface area contributed by atoms with E-state index in [1.54, 1.807) is 6.20 Å². The van der Waals surface area contributed by atoms with Crippen molar-refractivity contribution in [3.63, 3.8) is 0 Å². The number of nitrogens with one attached hydrogen (secondary N) is 1. The van der Waals surface area contributed by atoms with Gasteiger partial charge in [0.15, 0.2) is 16.9 Å². The number of carbonyl (C=O) groups excluding carboxylic acids is 1. The fourth-order valence-electron chi connectivity index (χ4n) is 4.32.